The average Bonchev–Trinajstić information content (AvgIpc) is 2.36. The van der Waals surface area contributed by atoms with Gasteiger partial charge in [0.05, 0.1) is 5.56 Å². The third kappa shape index (κ3) is 2.13. The minimum atomic E-state index is -1.62. The van der Waals surface area contributed by atoms with Gasteiger partial charge in [0.1, 0.15) is 19.4 Å². The molecule has 0 amide bonds. The number of benzene rings is 1. The van der Waals surface area contributed by atoms with Crippen LogP contribution in [0.5, 0.6) is 11.5 Å². The minimum Gasteiger partial charge on any atom is -0.486 e. The number of hydrogen-bond donors (Lipinski definition) is 1. The van der Waals surface area contributed by atoms with Crippen molar-refractivity contribution in [3.8, 4) is 11.5 Å². The molecule has 2 rings (SSSR count). The van der Waals surface area contributed by atoms with Gasteiger partial charge in [-0.25, -0.2) is 9.18 Å². The summed E-state index contributed by atoms with van der Waals surface area (Å²) in [5.41, 5.74) is 0.00282. The Bertz CT molecular complexity index is 509. The van der Waals surface area contributed by atoms with Gasteiger partial charge < -0.3 is 14.6 Å². The molecule has 0 aliphatic carbocycles. The Kier molecular flexibility index (Phi) is 3.18. The van der Waals surface area contributed by atoms with Crippen LogP contribution in [0.25, 0.3) is 0 Å². The van der Waals surface area contributed by atoms with Gasteiger partial charge in [0, 0.05) is 0 Å². The molecule has 1 aliphatic heterocycles. The van der Waals surface area contributed by atoms with E-state index in [-0.39, 0.29) is 35.8 Å². The molecule has 0 saturated heterocycles. The predicted molar refractivity (Wildman–Crippen MR) is 58.9 cm³/mol. The molecule has 1 aliphatic rings. The molecule has 1 unspecified atom stereocenters. The van der Waals surface area contributed by atoms with Crippen LogP contribution in [0.15, 0.2) is 12.1 Å². The van der Waals surface area contributed by atoms with E-state index in [0.717, 1.165) is 0 Å². The Balaban J connectivity index is 2.58. The first-order valence-corrected chi connectivity index (χ1v) is 5.36. The van der Waals surface area contributed by atoms with Gasteiger partial charge in [0.15, 0.2) is 11.5 Å². The number of fused-ring (bicyclic) bond motifs is 1. The Morgan fingerprint density at radius 2 is 2.00 bits per heavy atom. The number of carboxylic acid groups (broad SMARTS) is 1. The number of aliphatic carboxylic acids is 1. The summed E-state index contributed by atoms with van der Waals surface area (Å²) in [6.07, 6.45) is -1.33. The lowest BCUT2D eigenvalue weighted by Gasteiger charge is -2.21. The zero-order chi connectivity index (χ0) is 13.3. The predicted octanol–water partition coefficient (Wildman–Crippen LogP) is 1.76. The van der Waals surface area contributed by atoms with Crippen LogP contribution >= 0.6 is 0 Å². The fraction of sp³-hybridized carbons (Fsp3) is 0.333. The number of ether oxygens (including phenoxy) is 2. The highest BCUT2D eigenvalue weighted by Gasteiger charge is 2.26. The molecule has 1 aromatic rings. The maximum absolute atomic E-state index is 13.3. The van der Waals surface area contributed by atoms with Crippen LogP contribution < -0.4 is 9.47 Å². The molecule has 5 nitrogen and oxygen atoms in total. The van der Waals surface area contributed by atoms with Crippen LogP contribution in [0.1, 0.15) is 29.0 Å². The highest BCUT2D eigenvalue weighted by molar-refractivity contribution is 6.40. The van der Waals surface area contributed by atoms with Crippen LogP contribution in [0.3, 0.4) is 0 Å². The number of hydrogen-bond acceptors (Lipinski definition) is 4. The molecule has 0 saturated carbocycles. The summed E-state index contributed by atoms with van der Waals surface area (Å²) in [6.45, 7) is 1.79. The number of ketones is 1. The molecule has 18 heavy (non-hydrogen) atoms. The molecule has 0 spiro atoms. The fourth-order valence-electron chi connectivity index (χ4n) is 1.69. The normalized spacial score (nSPS) is 15.0. The summed E-state index contributed by atoms with van der Waals surface area (Å²) < 4.78 is 23.8. The van der Waals surface area contributed by atoms with Crippen molar-refractivity contribution in [2.24, 2.45) is 0 Å². The van der Waals surface area contributed by atoms with E-state index in [0.29, 0.717) is 0 Å². The van der Waals surface area contributed by atoms with Crippen LogP contribution in [-0.2, 0) is 4.79 Å². The average molecular weight is 254 g/mol. The summed E-state index contributed by atoms with van der Waals surface area (Å²) in [7, 11) is 0. The molecular formula is C12H11FO5. The van der Waals surface area contributed by atoms with E-state index in [9.17, 15) is 14.0 Å². The molecule has 1 atom stereocenters. The molecule has 96 valence electrons. The van der Waals surface area contributed by atoms with E-state index in [1.165, 1.54) is 19.1 Å². The SMILES string of the molecule is CC(F)c1cc2c(c(C(=O)C(=O)O)c1)OCCO2. The molecule has 0 bridgehead atoms. The highest BCUT2D eigenvalue weighted by atomic mass is 19.1. The van der Waals surface area contributed by atoms with Crippen LogP contribution in [0.2, 0.25) is 0 Å². The van der Waals surface area contributed by atoms with Gasteiger partial charge in [-0.3, -0.25) is 4.79 Å². The monoisotopic (exact) mass is 254 g/mol. The second-order valence-corrected chi connectivity index (χ2v) is 3.84. The van der Waals surface area contributed by atoms with E-state index in [1.807, 2.05) is 0 Å². The van der Waals surface area contributed by atoms with Gasteiger partial charge in [-0.15, -0.1) is 0 Å². The number of alkyl halides is 1. The van der Waals surface area contributed by atoms with Crippen molar-refractivity contribution in [3.63, 3.8) is 0 Å². The third-order valence-electron chi connectivity index (χ3n) is 2.56. The molecule has 0 radical (unpaired) electrons. The summed E-state index contributed by atoms with van der Waals surface area (Å²) >= 11 is 0. The van der Waals surface area contributed by atoms with Crippen molar-refractivity contribution < 1.29 is 28.6 Å². The molecular weight excluding hydrogens is 243 g/mol. The van der Waals surface area contributed by atoms with Crippen LogP contribution in [0, 0.1) is 0 Å². The fourth-order valence-corrected chi connectivity index (χ4v) is 1.69. The maximum atomic E-state index is 13.3. The second-order valence-electron chi connectivity index (χ2n) is 3.84. The first-order chi connectivity index (χ1) is 8.50. The first kappa shape index (κ1) is 12.3. The Morgan fingerprint density at radius 3 is 2.61 bits per heavy atom. The van der Waals surface area contributed by atoms with E-state index < -0.39 is 17.9 Å². The Hall–Kier alpha value is -2.11. The Morgan fingerprint density at radius 1 is 1.33 bits per heavy atom. The zero-order valence-electron chi connectivity index (χ0n) is 9.60. The number of rotatable bonds is 3. The second kappa shape index (κ2) is 4.64. The van der Waals surface area contributed by atoms with Crippen LogP contribution in [-0.4, -0.2) is 30.1 Å². The van der Waals surface area contributed by atoms with Crippen LogP contribution in [0.4, 0.5) is 4.39 Å². The zero-order valence-corrected chi connectivity index (χ0v) is 9.60. The van der Waals surface area contributed by atoms with Crippen molar-refractivity contribution in [2.45, 2.75) is 13.1 Å². The smallest absolute Gasteiger partial charge is 0.377 e. The summed E-state index contributed by atoms with van der Waals surface area (Å²) in [4.78, 5) is 22.3. The largest absolute Gasteiger partial charge is 0.486 e. The number of Topliss-reactive ketones (excluding diaryl/α,β-unsaturated/α-hetero) is 1. The van der Waals surface area contributed by atoms with Crippen molar-refractivity contribution in [1.29, 1.82) is 0 Å². The molecule has 6 heteroatoms. The van der Waals surface area contributed by atoms with Gasteiger partial charge in [0.2, 0.25) is 0 Å². The summed E-state index contributed by atoms with van der Waals surface area (Å²) in [6, 6.07) is 2.60. The molecule has 1 aromatic carbocycles. The van der Waals surface area contributed by atoms with Crippen molar-refractivity contribution in [2.75, 3.05) is 13.2 Å². The summed E-state index contributed by atoms with van der Waals surface area (Å²) in [5.74, 6) is -2.49. The lowest BCUT2D eigenvalue weighted by Crippen LogP contribution is -2.21. The quantitative estimate of drug-likeness (QED) is 0.657. The minimum absolute atomic E-state index is 0.0676. The summed E-state index contributed by atoms with van der Waals surface area (Å²) in [5, 5.41) is 8.73. The number of carbonyl (C=O) groups is 2. The topological polar surface area (TPSA) is 72.8 Å². The standard InChI is InChI=1S/C12H11FO5/c1-6(13)7-4-8(10(14)12(15)16)11-9(5-7)17-2-3-18-11/h4-6H,2-3H2,1H3,(H,15,16). The number of carboxylic acids is 1. The molecule has 1 heterocycles. The Labute approximate surface area is 102 Å². The van der Waals surface area contributed by atoms with Gasteiger partial charge in [0.25, 0.3) is 5.78 Å². The molecule has 0 aromatic heterocycles. The first-order valence-electron chi connectivity index (χ1n) is 5.36. The van der Waals surface area contributed by atoms with Gasteiger partial charge in [-0.05, 0) is 24.6 Å². The van der Waals surface area contributed by atoms with Crippen molar-refractivity contribution in [1.82, 2.24) is 0 Å². The van der Waals surface area contributed by atoms with E-state index in [1.54, 1.807) is 0 Å². The van der Waals surface area contributed by atoms with Crippen molar-refractivity contribution in [3.05, 3.63) is 23.3 Å². The van der Waals surface area contributed by atoms with Gasteiger partial charge in [-0.2, -0.15) is 0 Å². The third-order valence-corrected chi connectivity index (χ3v) is 2.56. The van der Waals surface area contributed by atoms with Crippen molar-refractivity contribution >= 4 is 11.8 Å². The maximum Gasteiger partial charge on any atom is 0.377 e. The molecule has 0 fully saturated rings. The lowest BCUT2D eigenvalue weighted by molar-refractivity contribution is -0.131. The van der Waals surface area contributed by atoms with E-state index >= 15 is 0 Å². The van der Waals surface area contributed by atoms with E-state index in [2.05, 4.69) is 0 Å². The lowest BCUT2D eigenvalue weighted by atomic mass is 10.0. The highest BCUT2D eigenvalue weighted by Crippen LogP contribution is 2.37. The number of halogens is 1. The van der Waals surface area contributed by atoms with Gasteiger partial charge in [-0.1, -0.05) is 0 Å². The van der Waals surface area contributed by atoms with Gasteiger partial charge >= 0.3 is 5.97 Å². The molecule has 1 N–H and O–H groups in total. The number of carbonyl (C=O) groups excluding carboxylic acids is 1. The van der Waals surface area contributed by atoms with E-state index in [4.69, 9.17) is 14.6 Å².